The fourth-order valence-electron chi connectivity index (χ4n) is 4.65. The largest absolute Gasteiger partial charge is 0.421 e. The Morgan fingerprint density at radius 3 is 1.71 bits per heavy atom. The first-order valence-electron chi connectivity index (χ1n) is 10.4. The summed E-state index contributed by atoms with van der Waals surface area (Å²) in [6.07, 6.45) is 4.39. The fraction of sp³-hybridized carbons (Fsp3) is 0.682. The third-order valence-electron chi connectivity index (χ3n) is 6.84. The lowest BCUT2D eigenvalue weighted by Crippen LogP contribution is -2.44. The average Bonchev–Trinajstić information content (AvgIpc) is 3.55. The van der Waals surface area contributed by atoms with E-state index in [9.17, 15) is 23.1 Å². The summed E-state index contributed by atoms with van der Waals surface area (Å²) in [7, 11) is 0. The zero-order valence-corrected chi connectivity index (χ0v) is 16.2. The van der Waals surface area contributed by atoms with E-state index in [0.29, 0.717) is 5.56 Å². The van der Waals surface area contributed by atoms with Crippen molar-refractivity contribution in [2.75, 3.05) is 0 Å². The van der Waals surface area contributed by atoms with Gasteiger partial charge in [0, 0.05) is 17.6 Å². The number of hydrogen-bond donors (Lipinski definition) is 1. The highest BCUT2D eigenvalue weighted by molar-refractivity contribution is 5.95. The van der Waals surface area contributed by atoms with E-state index < -0.39 is 11.8 Å². The molecular formula is C22H28F3NO2. The number of hydrogen-bond acceptors (Lipinski definition) is 2. The molecule has 1 N–H and O–H groups in total. The second-order valence-electron chi connectivity index (χ2n) is 9.00. The second-order valence-corrected chi connectivity index (χ2v) is 9.00. The molecule has 1 aromatic carbocycles. The van der Waals surface area contributed by atoms with E-state index in [1.54, 1.807) is 0 Å². The summed E-state index contributed by atoms with van der Waals surface area (Å²) in [5.41, 5.74) is -2.77. The minimum absolute atomic E-state index is 0.0874. The molecule has 1 atom stereocenters. The highest BCUT2D eigenvalue weighted by Crippen LogP contribution is 2.46. The quantitative estimate of drug-likeness (QED) is 0.760. The molecule has 0 bridgehead atoms. The lowest BCUT2D eigenvalue weighted by molar-refractivity contribution is -0.258. The van der Waals surface area contributed by atoms with Gasteiger partial charge in [0.1, 0.15) is 0 Å². The van der Waals surface area contributed by atoms with Gasteiger partial charge in [0.15, 0.2) is 5.60 Å². The number of aliphatic hydroxyl groups is 1. The number of alkyl halides is 3. The Bertz CT molecular complexity index is 712. The first-order valence-corrected chi connectivity index (χ1v) is 10.4. The van der Waals surface area contributed by atoms with Crippen LogP contribution < -0.4 is 0 Å². The van der Waals surface area contributed by atoms with Crippen LogP contribution in [-0.4, -0.2) is 34.2 Å². The Morgan fingerprint density at radius 1 is 0.893 bits per heavy atom. The van der Waals surface area contributed by atoms with Gasteiger partial charge in [-0.3, -0.25) is 4.79 Å². The van der Waals surface area contributed by atoms with Gasteiger partial charge in [0.2, 0.25) is 0 Å². The SMILES string of the molecule is C[C@](O)(c1ccc(C(=O)N(C2CCC(C3CC3)CC2)C2CC2)cc1)C(F)(F)F. The number of nitrogens with zero attached hydrogens (tertiary/aromatic N) is 1. The predicted octanol–water partition coefficient (Wildman–Crippen LogP) is 5.03. The maximum Gasteiger partial charge on any atom is 0.421 e. The van der Waals surface area contributed by atoms with Gasteiger partial charge in [-0.2, -0.15) is 13.2 Å². The Morgan fingerprint density at radius 2 is 1.32 bits per heavy atom. The van der Waals surface area contributed by atoms with Crippen LogP contribution in [0.25, 0.3) is 0 Å². The summed E-state index contributed by atoms with van der Waals surface area (Å²) in [4.78, 5) is 15.2. The average molecular weight is 395 g/mol. The molecule has 28 heavy (non-hydrogen) atoms. The third-order valence-corrected chi connectivity index (χ3v) is 6.84. The molecule has 3 fully saturated rings. The van der Waals surface area contributed by atoms with Crippen molar-refractivity contribution in [1.82, 2.24) is 4.90 Å². The summed E-state index contributed by atoms with van der Waals surface area (Å²) in [6.45, 7) is 0.735. The molecule has 154 valence electrons. The standard InChI is InChI=1S/C22H28F3NO2/c1-21(28,22(23,24)25)17-8-4-16(5-9-17)20(27)26(19-12-13-19)18-10-6-15(7-11-18)14-2-3-14/h4-5,8-9,14-15,18-19,28H,2-3,6-7,10-13H2,1H3/t15?,18?,21-/m0/s1. The minimum atomic E-state index is -4.77. The van der Waals surface area contributed by atoms with Gasteiger partial charge >= 0.3 is 6.18 Å². The maximum atomic E-state index is 13.2. The number of rotatable bonds is 5. The third kappa shape index (κ3) is 3.80. The first-order chi connectivity index (χ1) is 13.2. The molecule has 6 heteroatoms. The van der Waals surface area contributed by atoms with Crippen molar-refractivity contribution in [3.05, 3.63) is 35.4 Å². The van der Waals surface area contributed by atoms with Crippen molar-refractivity contribution in [2.24, 2.45) is 11.8 Å². The molecule has 3 saturated carbocycles. The Balaban J connectivity index is 1.47. The summed E-state index contributed by atoms with van der Waals surface area (Å²) in [5.74, 6) is 1.63. The van der Waals surface area contributed by atoms with Crippen molar-refractivity contribution in [2.45, 2.75) is 82.2 Å². The summed E-state index contributed by atoms with van der Waals surface area (Å²) in [6, 6.07) is 5.79. The van der Waals surface area contributed by atoms with Gasteiger partial charge in [0.05, 0.1) is 0 Å². The van der Waals surface area contributed by atoms with Gasteiger partial charge in [0.25, 0.3) is 5.91 Å². The Labute approximate surface area is 163 Å². The van der Waals surface area contributed by atoms with Crippen molar-refractivity contribution < 1.29 is 23.1 Å². The predicted molar refractivity (Wildman–Crippen MR) is 99.7 cm³/mol. The molecule has 0 radical (unpaired) electrons. The number of benzene rings is 1. The summed E-state index contributed by atoms with van der Waals surface area (Å²) >= 11 is 0. The van der Waals surface area contributed by atoms with Gasteiger partial charge < -0.3 is 10.0 Å². The Hall–Kier alpha value is -1.56. The van der Waals surface area contributed by atoms with Crippen molar-refractivity contribution in [3.8, 4) is 0 Å². The molecule has 1 aromatic rings. The van der Waals surface area contributed by atoms with E-state index in [4.69, 9.17) is 0 Å². The van der Waals surface area contributed by atoms with Crippen molar-refractivity contribution >= 4 is 5.91 Å². The Kier molecular flexibility index (Phi) is 4.97. The number of amides is 1. The zero-order valence-electron chi connectivity index (χ0n) is 16.2. The van der Waals surface area contributed by atoms with E-state index in [1.165, 1.54) is 49.9 Å². The van der Waals surface area contributed by atoms with E-state index in [2.05, 4.69) is 0 Å². The maximum absolute atomic E-state index is 13.2. The molecule has 0 unspecified atom stereocenters. The van der Waals surface area contributed by atoms with E-state index in [-0.39, 0.29) is 23.6 Å². The van der Waals surface area contributed by atoms with Crippen LogP contribution in [0.4, 0.5) is 13.2 Å². The fourth-order valence-corrected chi connectivity index (χ4v) is 4.65. The molecule has 0 aromatic heterocycles. The lowest BCUT2D eigenvalue weighted by Gasteiger charge is -2.37. The molecule has 3 aliphatic carbocycles. The van der Waals surface area contributed by atoms with Crippen LogP contribution >= 0.6 is 0 Å². The molecule has 4 rings (SSSR count). The monoisotopic (exact) mass is 395 g/mol. The van der Waals surface area contributed by atoms with Crippen molar-refractivity contribution in [3.63, 3.8) is 0 Å². The van der Waals surface area contributed by atoms with Gasteiger partial charge in [-0.05, 0) is 87.8 Å². The van der Waals surface area contributed by atoms with E-state index >= 15 is 0 Å². The number of halogens is 3. The van der Waals surface area contributed by atoms with Crippen LogP contribution in [0.3, 0.4) is 0 Å². The van der Waals surface area contributed by atoms with Gasteiger partial charge in [-0.15, -0.1) is 0 Å². The molecule has 0 saturated heterocycles. The molecule has 0 aliphatic heterocycles. The highest BCUT2D eigenvalue weighted by atomic mass is 19.4. The van der Waals surface area contributed by atoms with Gasteiger partial charge in [-0.1, -0.05) is 12.1 Å². The summed E-state index contributed by atoms with van der Waals surface area (Å²) in [5, 5.41) is 9.82. The zero-order chi connectivity index (χ0) is 20.1. The molecule has 0 heterocycles. The number of carbonyl (C=O) groups is 1. The smallest absolute Gasteiger partial charge is 0.376 e. The van der Waals surface area contributed by atoms with Crippen LogP contribution in [0.2, 0.25) is 0 Å². The first kappa shape index (κ1) is 19.7. The van der Waals surface area contributed by atoms with Gasteiger partial charge in [-0.25, -0.2) is 0 Å². The lowest BCUT2D eigenvalue weighted by atomic mass is 9.82. The van der Waals surface area contributed by atoms with E-state index in [1.807, 2.05) is 4.90 Å². The summed E-state index contributed by atoms with van der Waals surface area (Å²) < 4.78 is 39.1. The molecule has 3 aliphatic rings. The normalized spacial score (nSPS) is 27.9. The minimum Gasteiger partial charge on any atom is -0.376 e. The van der Waals surface area contributed by atoms with Crippen molar-refractivity contribution in [1.29, 1.82) is 0 Å². The second kappa shape index (κ2) is 7.05. The van der Waals surface area contributed by atoms with Crippen LogP contribution in [0.1, 0.15) is 74.2 Å². The van der Waals surface area contributed by atoms with Crippen LogP contribution in [-0.2, 0) is 5.60 Å². The highest BCUT2D eigenvalue weighted by Gasteiger charge is 2.51. The van der Waals surface area contributed by atoms with Crippen LogP contribution in [0.5, 0.6) is 0 Å². The topological polar surface area (TPSA) is 40.5 Å². The number of carbonyl (C=O) groups excluding carboxylic acids is 1. The van der Waals surface area contributed by atoms with E-state index in [0.717, 1.165) is 44.4 Å². The molecule has 3 nitrogen and oxygen atoms in total. The molecular weight excluding hydrogens is 367 g/mol. The molecule has 1 amide bonds. The van der Waals surface area contributed by atoms with Crippen LogP contribution in [0, 0.1) is 11.8 Å². The van der Waals surface area contributed by atoms with Crippen LogP contribution in [0.15, 0.2) is 24.3 Å². The molecule has 0 spiro atoms.